The summed E-state index contributed by atoms with van der Waals surface area (Å²) in [6.07, 6.45) is 20.6. The fraction of sp³-hybridized carbons (Fsp3) is 0.621. The minimum atomic E-state index is -0.0668. The predicted octanol–water partition coefficient (Wildman–Crippen LogP) is 9.14. The molecule has 2 aromatic rings. The number of carbonyl (C=O) groups excluding carboxylic acids is 1. The van der Waals surface area contributed by atoms with E-state index in [1.165, 1.54) is 94.2 Å². The molecule has 0 fully saturated rings. The number of fused-ring (bicyclic) bond motifs is 1. The highest BCUT2D eigenvalue weighted by Gasteiger charge is 2.04. The average Bonchev–Trinajstić information content (AvgIpc) is 2.80. The summed E-state index contributed by atoms with van der Waals surface area (Å²) in [5.41, 5.74) is 1.06. The van der Waals surface area contributed by atoms with Gasteiger partial charge < -0.3 is 4.74 Å². The lowest BCUT2D eigenvalue weighted by molar-refractivity contribution is -0.145. The molecule has 0 saturated carbocycles. The monoisotopic (exact) mass is 424 g/mol. The van der Waals surface area contributed by atoms with Gasteiger partial charge in [-0.2, -0.15) is 0 Å². The van der Waals surface area contributed by atoms with Crippen molar-refractivity contribution in [2.75, 3.05) is 0 Å². The smallest absolute Gasteiger partial charge is 0.306 e. The Labute approximate surface area is 190 Å². The zero-order valence-corrected chi connectivity index (χ0v) is 19.9. The Morgan fingerprint density at radius 3 is 1.74 bits per heavy atom. The van der Waals surface area contributed by atoms with E-state index in [1.54, 1.807) is 0 Å². The van der Waals surface area contributed by atoms with Gasteiger partial charge in [0, 0.05) is 6.42 Å². The standard InChI is InChI=1S/C29H44O2/c1-2-3-4-5-6-7-8-9-10-11-12-13-14-15-16-21-29(30)31-25-26-22-23-27-19-17-18-20-28(27)24-26/h17-20,22-24H,2-16,21,25H2,1H3. The molecule has 2 heteroatoms. The van der Waals surface area contributed by atoms with Crippen molar-refractivity contribution in [2.24, 2.45) is 0 Å². The van der Waals surface area contributed by atoms with Gasteiger partial charge in [0.2, 0.25) is 0 Å². The highest BCUT2D eigenvalue weighted by Crippen LogP contribution is 2.17. The zero-order chi connectivity index (χ0) is 22.0. The Balaban J connectivity index is 1.37. The van der Waals surface area contributed by atoms with E-state index in [0.717, 1.165) is 18.4 Å². The van der Waals surface area contributed by atoms with Crippen molar-refractivity contribution < 1.29 is 9.53 Å². The molecule has 31 heavy (non-hydrogen) atoms. The average molecular weight is 425 g/mol. The summed E-state index contributed by atoms with van der Waals surface area (Å²) in [6.45, 7) is 2.66. The molecule has 2 nitrogen and oxygen atoms in total. The van der Waals surface area contributed by atoms with Gasteiger partial charge in [-0.1, -0.05) is 133 Å². The van der Waals surface area contributed by atoms with E-state index in [4.69, 9.17) is 4.74 Å². The van der Waals surface area contributed by atoms with Gasteiger partial charge in [0.1, 0.15) is 6.61 Å². The van der Waals surface area contributed by atoms with Crippen LogP contribution in [0.5, 0.6) is 0 Å². The summed E-state index contributed by atoms with van der Waals surface area (Å²) in [4.78, 5) is 12.0. The Hall–Kier alpha value is -1.83. The van der Waals surface area contributed by atoms with E-state index in [0.29, 0.717) is 13.0 Å². The van der Waals surface area contributed by atoms with Crippen LogP contribution in [-0.2, 0) is 16.1 Å². The molecule has 0 bridgehead atoms. The molecule has 0 amide bonds. The molecule has 0 spiro atoms. The van der Waals surface area contributed by atoms with E-state index >= 15 is 0 Å². The van der Waals surface area contributed by atoms with Crippen LogP contribution in [0, 0.1) is 0 Å². The lowest BCUT2D eigenvalue weighted by Gasteiger charge is -2.06. The molecule has 172 valence electrons. The molecule has 0 unspecified atom stereocenters. The molecule has 0 aliphatic rings. The van der Waals surface area contributed by atoms with E-state index in [1.807, 2.05) is 18.2 Å². The van der Waals surface area contributed by atoms with Gasteiger partial charge in [-0.3, -0.25) is 4.79 Å². The van der Waals surface area contributed by atoms with Gasteiger partial charge >= 0.3 is 5.97 Å². The molecule has 0 radical (unpaired) electrons. The third-order valence-electron chi connectivity index (χ3n) is 6.20. The minimum absolute atomic E-state index is 0.0668. The molecule has 0 saturated heterocycles. The Morgan fingerprint density at radius 2 is 1.16 bits per heavy atom. The number of hydrogen-bond donors (Lipinski definition) is 0. The van der Waals surface area contributed by atoms with Crippen molar-refractivity contribution >= 4 is 16.7 Å². The Morgan fingerprint density at radius 1 is 0.645 bits per heavy atom. The number of ether oxygens (including phenoxy) is 1. The van der Waals surface area contributed by atoms with Crippen LogP contribution in [-0.4, -0.2) is 5.97 Å². The van der Waals surface area contributed by atoms with Crippen molar-refractivity contribution in [3.05, 3.63) is 48.0 Å². The Bertz CT molecular complexity index is 722. The first-order valence-corrected chi connectivity index (χ1v) is 12.9. The molecule has 0 atom stereocenters. The second kappa shape index (κ2) is 16.8. The molecule has 0 heterocycles. The second-order valence-corrected chi connectivity index (χ2v) is 9.04. The van der Waals surface area contributed by atoms with E-state index < -0.39 is 0 Å². The second-order valence-electron chi connectivity index (χ2n) is 9.04. The molecule has 0 aliphatic carbocycles. The highest BCUT2D eigenvalue weighted by atomic mass is 16.5. The van der Waals surface area contributed by atoms with Gasteiger partial charge in [-0.15, -0.1) is 0 Å². The van der Waals surface area contributed by atoms with Gasteiger partial charge in [0.05, 0.1) is 0 Å². The third kappa shape index (κ3) is 12.0. The van der Waals surface area contributed by atoms with Crippen LogP contribution in [0.15, 0.2) is 42.5 Å². The fourth-order valence-electron chi connectivity index (χ4n) is 4.21. The van der Waals surface area contributed by atoms with Crippen LogP contribution in [0.1, 0.15) is 115 Å². The molecule has 0 aliphatic heterocycles. The number of hydrogen-bond acceptors (Lipinski definition) is 2. The lowest BCUT2D eigenvalue weighted by Crippen LogP contribution is -2.04. The van der Waals surface area contributed by atoms with E-state index in [-0.39, 0.29) is 5.97 Å². The molecule has 2 rings (SSSR count). The van der Waals surface area contributed by atoms with Gasteiger partial charge in [0.15, 0.2) is 0 Å². The summed E-state index contributed by atoms with van der Waals surface area (Å²) < 4.78 is 5.46. The predicted molar refractivity (Wildman–Crippen MR) is 133 cm³/mol. The maximum atomic E-state index is 12.0. The highest BCUT2D eigenvalue weighted by molar-refractivity contribution is 5.83. The summed E-state index contributed by atoms with van der Waals surface area (Å²) >= 11 is 0. The van der Waals surface area contributed by atoms with Crippen molar-refractivity contribution in [3.63, 3.8) is 0 Å². The first-order chi connectivity index (χ1) is 15.3. The van der Waals surface area contributed by atoms with Crippen molar-refractivity contribution in [1.29, 1.82) is 0 Å². The SMILES string of the molecule is CCCCCCCCCCCCCCCCCC(=O)OCc1ccc2ccccc2c1. The maximum Gasteiger partial charge on any atom is 0.306 e. The van der Waals surface area contributed by atoms with E-state index in [2.05, 4.69) is 31.2 Å². The lowest BCUT2D eigenvalue weighted by atomic mass is 10.0. The zero-order valence-electron chi connectivity index (χ0n) is 19.9. The van der Waals surface area contributed by atoms with Crippen molar-refractivity contribution in [2.45, 2.75) is 116 Å². The van der Waals surface area contributed by atoms with Crippen molar-refractivity contribution in [1.82, 2.24) is 0 Å². The van der Waals surface area contributed by atoms with Crippen LogP contribution in [0.2, 0.25) is 0 Å². The van der Waals surface area contributed by atoms with Crippen LogP contribution in [0.3, 0.4) is 0 Å². The number of rotatable bonds is 18. The Kier molecular flexibility index (Phi) is 13.8. The number of esters is 1. The van der Waals surface area contributed by atoms with Crippen LogP contribution in [0.25, 0.3) is 10.8 Å². The molecular formula is C29H44O2. The van der Waals surface area contributed by atoms with Crippen LogP contribution >= 0.6 is 0 Å². The molecule has 0 aromatic heterocycles. The summed E-state index contributed by atoms with van der Waals surface area (Å²) in [7, 11) is 0. The number of benzene rings is 2. The number of carbonyl (C=O) groups is 1. The molecule has 0 N–H and O–H groups in total. The third-order valence-corrected chi connectivity index (χ3v) is 6.20. The molecule has 2 aromatic carbocycles. The fourth-order valence-corrected chi connectivity index (χ4v) is 4.21. The van der Waals surface area contributed by atoms with Crippen LogP contribution in [0.4, 0.5) is 0 Å². The number of unbranched alkanes of at least 4 members (excludes halogenated alkanes) is 14. The van der Waals surface area contributed by atoms with Gasteiger partial charge in [-0.25, -0.2) is 0 Å². The summed E-state index contributed by atoms with van der Waals surface area (Å²) in [5, 5.41) is 2.41. The quantitative estimate of drug-likeness (QED) is 0.176. The van der Waals surface area contributed by atoms with Crippen LogP contribution < -0.4 is 0 Å². The maximum absolute atomic E-state index is 12.0. The molecular weight excluding hydrogens is 380 g/mol. The first kappa shape index (κ1) is 25.4. The topological polar surface area (TPSA) is 26.3 Å². The largest absolute Gasteiger partial charge is 0.461 e. The minimum Gasteiger partial charge on any atom is -0.461 e. The summed E-state index contributed by atoms with van der Waals surface area (Å²) in [6, 6.07) is 14.5. The first-order valence-electron chi connectivity index (χ1n) is 12.9. The van der Waals surface area contributed by atoms with Gasteiger partial charge in [-0.05, 0) is 28.8 Å². The van der Waals surface area contributed by atoms with Gasteiger partial charge in [0.25, 0.3) is 0 Å². The normalized spacial score (nSPS) is 11.1. The van der Waals surface area contributed by atoms with E-state index in [9.17, 15) is 4.79 Å². The van der Waals surface area contributed by atoms with Crippen molar-refractivity contribution in [3.8, 4) is 0 Å². The summed E-state index contributed by atoms with van der Waals surface area (Å²) in [5.74, 6) is -0.0668.